The van der Waals surface area contributed by atoms with E-state index in [-0.39, 0.29) is 13.2 Å². The fraction of sp³-hybridized carbons (Fsp3) is 0.767. The predicted octanol–water partition coefficient (Wildman–Crippen LogP) is 6.47. The Morgan fingerprint density at radius 2 is 1.45 bits per heavy atom. The molecule has 0 amide bonds. The summed E-state index contributed by atoms with van der Waals surface area (Å²) in [7, 11) is -2.00. The molecule has 0 bridgehead atoms. The zero-order valence-corrected chi connectivity index (χ0v) is 25.0. The molecule has 0 fully saturated rings. The average Bonchev–Trinajstić information content (AvgIpc) is 2.93. The molecule has 0 saturated heterocycles. The van der Waals surface area contributed by atoms with Crippen LogP contribution in [-0.4, -0.2) is 50.4 Å². The molecule has 0 heterocycles. The van der Waals surface area contributed by atoms with Crippen molar-refractivity contribution >= 4 is 15.1 Å². The summed E-state index contributed by atoms with van der Waals surface area (Å²) < 4.78 is 21.5. The van der Waals surface area contributed by atoms with Crippen LogP contribution in [-0.2, 0) is 25.0 Å². The molecular weight excluding hydrogens is 501 g/mol. The number of nitrogens with two attached hydrogens (primary N) is 1. The Morgan fingerprint density at radius 3 is 2.05 bits per heavy atom. The molecule has 38 heavy (non-hydrogen) atoms. The van der Waals surface area contributed by atoms with Crippen LogP contribution in [0.2, 0.25) is 0 Å². The minimum atomic E-state index is -2.00. The van der Waals surface area contributed by atoms with Crippen LogP contribution >= 0.6 is 8.60 Å². The van der Waals surface area contributed by atoms with Crippen LogP contribution in [0.1, 0.15) is 109 Å². The number of unbranched alkanes of at least 4 members (excludes halogenated alkanes) is 12. The van der Waals surface area contributed by atoms with Gasteiger partial charge in [0, 0.05) is 0 Å². The molecule has 1 aromatic rings. The summed E-state index contributed by atoms with van der Waals surface area (Å²) in [6, 6.07) is 8.09. The monoisotopic (exact) mass is 556 g/mol. The molecule has 0 aliphatic rings. The van der Waals surface area contributed by atoms with Gasteiger partial charge >= 0.3 is 8.60 Å². The van der Waals surface area contributed by atoms with Gasteiger partial charge in [0.1, 0.15) is 12.4 Å². The summed E-state index contributed by atoms with van der Waals surface area (Å²) in [6.07, 6.45) is 18.7. The minimum Gasteiger partial charge on any atom is -0.490 e. The third kappa shape index (κ3) is 20.7. The van der Waals surface area contributed by atoms with Crippen molar-refractivity contribution in [2.24, 2.45) is 0 Å². The van der Waals surface area contributed by atoms with Crippen molar-refractivity contribution in [3.05, 3.63) is 29.8 Å². The Bertz CT molecular complexity index is 648. The van der Waals surface area contributed by atoms with Gasteiger partial charge in [-0.1, -0.05) is 89.7 Å². The van der Waals surface area contributed by atoms with Crippen LogP contribution in [0.5, 0.6) is 5.75 Å². The van der Waals surface area contributed by atoms with Gasteiger partial charge in [0.15, 0.2) is 6.10 Å². The number of rotatable bonds is 28. The van der Waals surface area contributed by atoms with Crippen molar-refractivity contribution in [3.8, 4) is 5.75 Å². The third-order valence-corrected chi connectivity index (χ3v) is 7.36. The van der Waals surface area contributed by atoms with Gasteiger partial charge in [-0.2, -0.15) is 0 Å². The van der Waals surface area contributed by atoms with Gasteiger partial charge in [-0.25, -0.2) is 0 Å². The van der Waals surface area contributed by atoms with Gasteiger partial charge in [-0.3, -0.25) is 4.79 Å². The maximum atomic E-state index is 10.8. The molecule has 0 saturated carbocycles. The quantitative estimate of drug-likeness (QED) is 0.0699. The minimum absolute atomic E-state index is 0.0155. The number of benzene rings is 1. The van der Waals surface area contributed by atoms with Gasteiger partial charge in [0.05, 0.1) is 26.3 Å². The number of hydrogen-bond donors (Lipinski definition) is 2. The third-order valence-electron chi connectivity index (χ3n) is 6.59. The molecule has 3 N–H and O–H groups in total. The molecule has 2 atom stereocenters. The lowest BCUT2D eigenvalue weighted by molar-refractivity contribution is -0.652. The standard InChI is InChI=1S/C30H54NO6P/c1-3-5-6-7-8-9-10-11-12-13-14-15-18-28-19-21-29(22-20-28)34-25-30(35-27-32)26-37-38(33)36-24-17-16-23-31-4-2/h19-22,27,30-31,33H,3-18,23-26H2,1-2H3/p+1. The smallest absolute Gasteiger partial charge is 0.329 e. The molecule has 1 rings (SSSR count). The van der Waals surface area contributed by atoms with E-state index in [4.69, 9.17) is 18.5 Å². The molecule has 0 aliphatic heterocycles. The van der Waals surface area contributed by atoms with Crippen molar-refractivity contribution in [1.82, 2.24) is 0 Å². The van der Waals surface area contributed by atoms with Crippen molar-refractivity contribution in [1.29, 1.82) is 0 Å². The first-order valence-electron chi connectivity index (χ1n) is 15.1. The lowest BCUT2D eigenvalue weighted by Crippen LogP contribution is -2.83. The fourth-order valence-corrected chi connectivity index (χ4v) is 4.89. The molecule has 1 aromatic carbocycles. The van der Waals surface area contributed by atoms with E-state index in [9.17, 15) is 9.69 Å². The van der Waals surface area contributed by atoms with E-state index in [0.717, 1.165) is 32.4 Å². The fourth-order valence-electron chi connectivity index (χ4n) is 4.24. The molecular formula is C30H55NO6P+. The lowest BCUT2D eigenvalue weighted by Gasteiger charge is -2.18. The second-order valence-corrected chi connectivity index (χ2v) is 11.0. The molecule has 2 unspecified atom stereocenters. The highest BCUT2D eigenvalue weighted by Crippen LogP contribution is 2.33. The van der Waals surface area contributed by atoms with Crippen molar-refractivity contribution in [2.45, 2.75) is 116 Å². The average molecular weight is 557 g/mol. The second-order valence-electron chi connectivity index (χ2n) is 10.0. The summed E-state index contributed by atoms with van der Waals surface area (Å²) >= 11 is 0. The van der Waals surface area contributed by atoms with E-state index in [1.54, 1.807) is 0 Å². The van der Waals surface area contributed by atoms with Crippen LogP contribution in [0.25, 0.3) is 0 Å². The Morgan fingerprint density at radius 1 is 0.816 bits per heavy atom. The van der Waals surface area contributed by atoms with E-state index in [1.165, 1.54) is 82.6 Å². The van der Waals surface area contributed by atoms with Gasteiger partial charge in [-0.15, -0.1) is 0 Å². The number of carbonyl (C=O) groups is 1. The van der Waals surface area contributed by atoms with E-state index >= 15 is 0 Å². The molecule has 220 valence electrons. The van der Waals surface area contributed by atoms with Crippen LogP contribution < -0.4 is 10.1 Å². The highest BCUT2D eigenvalue weighted by atomic mass is 31.2. The van der Waals surface area contributed by atoms with E-state index in [2.05, 4.69) is 31.3 Å². The van der Waals surface area contributed by atoms with Gasteiger partial charge in [0.2, 0.25) is 0 Å². The zero-order valence-electron chi connectivity index (χ0n) is 24.1. The summed E-state index contributed by atoms with van der Waals surface area (Å²) in [5.41, 5.74) is 1.31. The largest absolute Gasteiger partial charge is 0.490 e. The Kier molecular flexibility index (Phi) is 23.8. The van der Waals surface area contributed by atoms with Gasteiger partial charge in [-0.05, 0) is 50.3 Å². The number of aryl methyl sites for hydroxylation is 1. The summed E-state index contributed by atoms with van der Waals surface area (Å²) in [6.45, 7) is 7.50. The topological polar surface area (TPSA) is 90.8 Å². The molecule has 0 aromatic heterocycles. The second kappa shape index (κ2) is 26.0. The zero-order chi connectivity index (χ0) is 27.5. The summed E-state index contributed by atoms with van der Waals surface area (Å²) in [5, 5.41) is 2.23. The van der Waals surface area contributed by atoms with Crippen molar-refractivity contribution in [2.75, 3.05) is 32.9 Å². The van der Waals surface area contributed by atoms with Crippen LogP contribution in [0.15, 0.2) is 24.3 Å². The number of ether oxygens (including phenoxy) is 2. The molecule has 0 spiro atoms. The maximum absolute atomic E-state index is 10.8. The van der Waals surface area contributed by atoms with Gasteiger partial charge in [0.25, 0.3) is 6.47 Å². The molecule has 0 aliphatic carbocycles. The van der Waals surface area contributed by atoms with Gasteiger partial charge < -0.3 is 28.7 Å². The molecule has 7 nitrogen and oxygen atoms in total. The normalized spacial score (nSPS) is 12.8. The first kappa shape index (κ1) is 34.8. The van der Waals surface area contributed by atoms with Crippen LogP contribution in [0.4, 0.5) is 0 Å². The number of hydrogen-bond acceptors (Lipinski definition) is 6. The predicted molar refractivity (Wildman–Crippen MR) is 155 cm³/mol. The highest BCUT2D eigenvalue weighted by Gasteiger charge is 2.16. The van der Waals surface area contributed by atoms with Crippen LogP contribution in [0, 0.1) is 0 Å². The van der Waals surface area contributed by atoms with Crippen molar-refractivity contribution in [3.63, 3.8) is 0 Å². The Labute approximate surface area is 233 Å². The summed E-state index contributed by atoms with van der Waals surface area (Å²) in [5.74, 6) is 0.717. The maximum Gasteiger partial charge on any atom is 0.329 e. The first-order valence-corrected chi connectivity index (χ1v) is 16.2. The summed E-state index contributed by atoms with van der Waals surface area (Å²) in [4.78, 5) is 20.7. The lowest BCUT2D eigenvalue weighted by atomic mass is 10.0. The number of quaternary nitrogens is 1. The molecule has 8 heteroatoms. The number of carbonyl (C=O) groups excluding carboxylic acids is 1. The SMILES string of the molecule is CCCCCCCCCCCCCCc1ccc(OCC(COP(O)OCCCC[NH2+]CC)OC=O)cc1. The first-order chi connectivity index (χ1) is 18.7. The Balaban J connectivity index is 2.12. The highest BCUT2D eigenvalue weighted by molar-refractivity contribution is 7.40. The van der Waals surface area contributed by atoms with E-state index < -0.39 is 14.7 Å². The van der Waals surface area contributed by atoms with E-state index in [1.807, 2.05) is 12.1 Å². The van der Waals surface area contributed by atoms with E-state index in [0.29, 0.717) is 18.8 Å². The van der Waals surface area contributed by atoms with Crippen LogP contribution in [0.3, 0.4) is 0 Å². The van der Waals surface area contributed by atoms with Crippen molar-refractivity contribution < 1.29 is 33.5 Å². The molecule has 0 radical (unpaired) electrons. The Hall–Kier alpha value is -1.24.